The van der Waals surface area contributed by atoms with Crippen LogP contribution in [0.2, 0.25) is 0 Å². The third-order valence-corrected chi connectivity index (χ3v) is 2.49. The van der Waals surface area contributed by atoms with Crippen LogP contribution < -0.4 is 5.73 Å². The molecule has 3 nitrogen and oxygen atoms in total. The van der Waals surface area contributed by atoms with Gasteiger partial charge >= 0.3 is 0 Å². The lowest BCUT2D eigenvalue weighted by atomic mass is 10.1. The Morgan fingerprint density at radius 1 is 1.47 bits per heavy atom. The molecule has 1 aromatic heterocycles. The zero-order chi connectivity index (χ0) is 10.8. The van der Waals surface area contributed by atoms with E-state index in [1.165, 1.54) is 6.07 Å². The topological polar surface area (TPSA) is 43.8 Å². The highest BCUT2D eigenvalue weighted by Gasteiger charge is 2.07. The maximum Gasteiger partial charge on any atom is 0.130 e. The van der Waals surface area contributed by atoms with E-state index in [1.54, 1.807) is 29.2 Å². The molecule has 0 fully saturated rings. The Bertz CT molecular complexity index is 461. The predicted octanol–water partition coefficient (Wildman–Crippen LogP) is 2.42. The summed E-state index contributed by atoms with van der Waals surface area (Å²) >= 11 is 3.27. The van der Waals surface area contributed by atoms with Gasteiger partial charge in [-0.2, -0.15) is 5.10 Å². The number of benzene rings is 1. The van der Waals surface area contributed by atoms with Crippen molar-refractivity contribution in [2.75, 3.05) is 5.73 Å². The average molecular weight is 270 g/mol. The molecule has 0 aliphatic carbocycles. The van der Waals surface area contributed by atoms with E-state index in [4.69, 9.17) is 5.73 Å². The second-order valence-electron chi connectivity index (χ2n) is 3.16. The number of hydrogen-bond acceptors (Lipinski definition) is 2. The largest absolute Gasteiger partial charge is 0.398 e. The molecule has 1 heterocycles. The number of nitrogens with zero attached hydrogens (tertiary/aromatic N) is 2. The fourth-order valence-electron chi connectivity index (χ4n) is 1.33. The van der Waals surface area contributed by atoms with E-state index in [0.717, 1.165) is 4.47 Å². The molecule has 0 atom stereocenters. The van der Waals surface area contributed by atoms with E-state index >= 15 is 0 Å². The molecule has 0 aliphatic heterocycles. The summed E-state index contributed by atoms with van der Waals surface area (Å²) in [5, 5.41) is 4.04. The molecule has 2 N–H and O–H groups in total. The van der Waals surface area contributed by atoms with Crippen molar-refractivity contribution in [3.8, 4) is 0 Å². The van der Waals surface area contributed by atoms with E-state index in [-0.39, 0.29) is 5.82 Å². The number of rotatable bonds is 2. The lowest BCUT2D eigenvalue weighted by Crippen LogP contribution is -2.05. The molecule has 0 amide bonds. The van der Waals surface area contributed by atoms with Crippen molar-refractivity contribution < 1.29 is 4.39 Å². The summed E-state index contributed by atoms with van der Waals surface area (Å²) in [5.41, 5.74) is 6.59. The van der Waals surface area contributed by atoms with Gasteiger partial charge in [0.05, 0.1) is 17.2 Å². The maximum absolute atomic E-state index is 13.4. The first-order valence-corrected chi connectivity index (χ1v) is 5.17. The number of nitrogens with two attached hydrogens (primary N) is 1. The highest BCUT2D eigenvalue weighted by molar-refractivity contribution is 9.10. The first-order valence-electron chi connectivity index (χ1n) is 4.37. The fraction of sp³-hybridized carbons (Fsp3) is 0.100. The summed E-state index contributed by atoms with van der Waals surface area (Å²) in [6.45, 7) is 0.337. The van der Waals surface area contributed by atoms with Crippen LogP contribution in [0.3, 0.4) is 0 Å². The van der Waals surface area contributed by atoms with Gasteiger partial charge in [-0.3, -0.25) is 4.68 Å². The van der Waals surface area contributed by atoms with E-state index in [1.807, 2.05) is 0 Å². The van der Waals surface area contributed by atoms with Crippen molar-refractivity contribution in [2.45, 2.75) is 6.54 Å². The smallest absolute Gasteiger partial charge is 0.130 e. The molecule has 0 saturated carbocycles. The standard InChI is InChI=1S/C10H9BrFN3/c11-7-4-14-15(5-7)6-8-9(12)2-1-3-10(8)13/h1-5H,6,13H2. The molecular weight excluding hydrogens is 261 g/mol. The summed E-state index contributed by atoms with van der Waals surface area (Å²) in [6, 6.07) is 4.66. The number of halogens is 2. The molecule has 0 saturated heterocycles. The van der Waals surface area contributed by atoms with Crippen LogP contribution in [0, 0.1) is 5.82 Å². The van der Waals surface area contributed by atoms with Gasteiger partial charge in [0, 0.05) is 17.4 Å². The Morgan fingerprint density at radius 2 is 2.27 bits per heavy atom. The molecular formula is C10H9BrFN3. The Labute approximate surface area is 94.8 Å². The van der Waals surface area contributed by atoms with Crippen LogP contribution >= 0.6 is 15.9 Å². The van der Waals surface area contributed by atoms with Gasteiger partial charge in [0.1, 0.15) is 5.82 Å². The van der Waals surface area contributed by atoms with Crippen LogP contribution in [0.5, 0.6) is 0 Å². The Balaban J connectivity index is 2.31. The van der Waals surface area contributed by atoms with Crippen LogP contribution in [-0.2, 0) is 6.54 Å². The molecule has 1 aromatic carbocycles. The Morgan fingerprint density at radius 3 is 2.87 bits per heavy atom. The fourth-order valence-corrected chi connectivity index (χ4v) is 1.66. The minimum atomic E-state index is -0.304. The molecule has 5 heteroatoms. The summed E-state index contributed by atoms with van der Waals surface area (Å²) in [6.07, 6.45) is 3.42. The summed E-state index contributed by atoms with van der Waals surface area (Å²) in [7, 11) is 0. The normalized spacial score (nSPS) is 10.5. The highest BCUT2D eigenvalue weighted by Crippen LogP contribution is 2.17. The van der Waals surface area contributed by atoms with E-state index in [9.17, 15) is 4.39 Å². The van der Waals surface area contributed by atoms with E-state index < -0.39 is 0 Å². The Kier molecular flexibility index (Phi) is 2.73. The van der Waals surface area contributed by atoms with Gasteiger partial charge in [-0.25, -0.2) is 4.39 Å². The molecule has 0 spiro atoms. The minimum Gasteiger partial charge on any atom is -0.398 e. The molecule has 78 valence electrons. The van der Waals surface area contributed by atoms with Gasteiger partial charge in [-0.15, -0.1) is 0 Å². The van der Waals surface area contributed by atoms with Crippen molar-refractivity contribution in [3.63, 3.8) is 0 Å². The number of hydrogen-bond donors (Lipinski definition) is 1. The Hall–Kier alpha value is -1.36. The molecule has 2 aromatic rings. The van der Waals surface area contributed by atoms with Crippen molar-refractivity contribution in [1.82, 2.24) is 9.78 Å². The van der Waals surface area contributed by atoms with Gasteiger partial charge in [0.15, 0.2) is 0 Å². The molecule has 0 radical (unpaired) electrons. The second-order valence-corrected chi connectivity index (χ2v) is 4.08. The van der Waals surface area contributed by atoms with Gasteiger partial charge in [0.2, 0.25) is 0 Å². The third kappa shape index (κ3) is 2.18. The van der Waals surface area contributed by atoms with Crippen LogP contribution in [0.15, 0.2) is 35.1 Å². The summed E-state index contributed by atoms with van der Waals surface area (Å²) < 4.78 is 15.9. The van der Waals surface area contributed by atoms with Crippen molar-refractivity contribution in [3.05, 3.63) is 46.4 Å². The average Bonchev–Trinajstić information content (AvgIpc) is 2.58. The molecule has 0 bridgehead atoms. The summed E-state index contributed by atoms with van der Waals surface area (Å²) in [4.78, 5) is 0. The molecule has 2 rings (SSSR count). The minimum absolute atomic E-state index is 0.304. The monoisotopic (exact) mass is 269 g/mol. The summed E-state index contributed by atoms with van der Waals surface area (Å²) in [5.74, 6) is -0.304. The van der Waals surface area contributed by atoms with Gasteiger partial charge in [-0.05, 0) is 28.1 Å². The predicted molar refractivity (Wildman–Crippen MR) is 59.8 cm³/mol. The second kappa shape index (κ2) is 4.02. The van der Waals surface area contributed by atoms with Crippen molar-refractivity contribution >= 4 is 21.6 Å². The highest BCUT2D eigenvalue weighted by atomic mass is 79.9. The van der Waals surface area contributed by atoms with Crippen LogP contribution in [0.25, 0.3) is 0 Å². The molecule has 0 unspecified atom stereocenters. The van der Waals surface area contributed by atoms with Crippen LogP contribution in [0.4, 0.5) is 10.1 Å². The maximum atomic E-state index is 13.4. The van der Waals surface area contributed by atoms with E-state index in [2.05, 4.69) is 21.0 Å². The number of nitrogen functional groups attached to an aromatic ring is 1. The SMILES string of the molecule is Nc1cccc(F)c1Cn1cc(Br)cn1. The van der Waals surface area contributed by atoms with Gasteiger partial charge < -0.3 is 5.73 Å². The van der Waals surface area contributed by atoms with Crippen molar-refractivity contribution in [1.29, 1.82) is 0 Å². The van der Waals surface area contributed by atoms with Gasteiger partial charge in [0.25, 0.3) is 0 Å². The third-order valence-electron chi connectivity index (χ3n) is 2.08. The first-order chi connectivity index (χ1) is 7.16. The number of anilines is 1. The molecule has 0 aliphatic rings. The lowest BCUT2D eigenvalue weighted by molar-refractivity contribution is 0.586. The van der Waals surface area contributed by atoms with Crippen LogP contribution in [0.1, 0.15) is 5.56 Å². The zero-order valence-electron chi connectivity index (χ0n) is 7.82. The zero-order valence-corrected chi connectivity index (χ0v) is 9.41. The number of aromatic nitrogens is 2. The first kappa shape index (κ1) is 10.2. The van der Waals surface area contributed by atoms with Gasteiger partial charge in [-0.1, -0.05) is 6.07 Å². The lowest BCUT2D eigenvalue weighted by Gasteiger charge is -2.06. The molecule has 15 heavy (non-hydrogen) atoms. The van der Waals surface area contributed by atoms with E-state index in [0.29, 0.717) is 17.8 Å². The van der Waals surface area contributed by atoms with Crippen molar-refractivity contribution in [2.24, 2.45) is 0 Å². The van der Waals surface area contributed by atoms with Crippen LogP contribution in [-0.4, -0.2) is 9.78 Å². The quantitative estimate of drug-likeness (QED) is 0.851.